The molecule has 2 aliphatic heterocycles. The third kappa shape index (κ3) is 6.71. The van der Waals surface area contributed by atoms with Crippen LogP contribution in [0.15, 0.2) is 53.7 Å². The number of amides is 2. The van der Waals surface area contributed by atoms with Gasteiger partial charge in [0.2, 0.25) is 0 Å². The number of benzene rings is 1. The maximum Gasteiger partial charge on any atom is 0.255 e. The lowest BCUT2D eigenvalue weighted by Gasteiger charge is -2.25. The molecule has 1 aromatic carbocycles. The Labute approximate surface area is 216 Å². The first kappa shape index (κ1) is 25.9. The van der Waals surface area contributed by atoms with Crippen molar-refractivity contribution in [3.63, 3.8) is 0 Å². The molecule has 2 aliphatic rings. The molecule has 2 unspecified atom stereocenters. The molecular weight excluding hydrogens is 478 g/mol. The van der Waals surface area contributed by atoms with Crippen LogP contribution in [0.25, 0.3) is 0 Å². The van der Waals surface area contributed by atoms with E-state index in [9.17, 15) is 9.59 Å². The summed E-state index contributed by atoms with van der Waals surface area (Å²) in [4.78, 5) is 34.7. The van der Waals surface area contributed by atoms with Crippen LogP contribution in [-0.4, -0.2) is 54.8 Å². The topological polar surface area (TPSA) is 105 Å². The molecule has 2 amide bonds. The Hall–Kier alpha value is -3.23. The largest absolute Gasteiger partial charge is 0.492 e. The molecular formula is C27H32ClN5O3. The van der Waals surface area contributed by atoms with Gasteiger partial charge in [-0.1, -0.05) is 37.6 Å². The van der Waals surface area contributed by atoms with Crippen LogP contribution in [0.1, 0.15) is 48.5 Å². The standard InChI is InChI=1S/C27H32ClN5O3/c1-17(2)19-7-9-21(23(13-19)36-16-18-5-3-11-29-14-18)26(34)32-22-6-4-12-30-25(22)27(35)33-24-10-8-20(28)15-31-24/h4,6-10,12-13,15,17-18,22,25,29H,3,5,11,14,16H2,1-2H3,(H,32,34)(H,31,33,35)/t18-,22?,25?/m1/s1. The molecule has 0 saturated carbocycles. The number of dihydropyridines is 1. The summed E-state index contributed by atoms with van der Waals surface area (Å²) in [5.74, 6) is 0.909. The molecule has 1 fully saturated rings. The zero-order valence-electron chi connectivity index (χ0n) is 20.5. The van der Waals surface area contributed by atoms with Gasteiger partial charge in [0, 0.05) is 24.9 Å². The number of carbonyl (C=O) groups excluding carboxylic acids is 2. The van der Waals surface area contributed by atoms with Gasteiger partial charge >= 0.3 is 0 Å². The molecule has 2 aromatic rings. The van der Waals surface area contributed by atoms with Gasteiger partial charge < -0.3 is 20.7 Å². The number of carbonyl (C=O) groups is 2. The molecule has 0 spiro atoms. The molecule has 4 rings (SSSR count). The summed E-state index contributed by atoms with van der Waals surface area (Å²) < 4.78 is 6.19. The molecule has 3 N–H and O–H groups in total. The van der Waals surface area contributed by atoms with Crippen LogP contribution in [-0.2, 0) is 4.79 Å². The molecule has 1 aromatic heterocycles. The number of rotatable bonds is 8. The molecule has 3 atom stereocenters. The normalized spacial score (nSPS) is 21.3. The fraction of sp³-hybridized carbons (Fsp3) is 0.407. The first-order chi connectivity index (χ1) is 17.4. The number of nitrogens with one attached hydrogen (secondary N) is 3. The van der Waals surface area contributed by atoms with Crippen molar-refractivity contribution in [3.8, 4) is 5.75 Å². The van der Waals surface area contributed by atoms with Gasteiger partial charge in [-0.05, 0) is 61.2 Å². The fourth-order valence-electron chi connectivity index (χ4n) is 4.23. The Kier molecular flexibility index (Phi) is 8.72. The van der Waals surface area contributed by atoms with E-state index in [4.69, 9.17) is 16.3 Å². The third-order valence-electron chi connectivity index (χ3n) is 6.33. The monoisotopic (exact) mass is 509 g/mol. The molecule has 190 valence electrons. The highest BCUT2D eigenvalue weighted by Crippen LogP contribution is 2.27. The quantitative estimate of drug-likeness (QED) is 0.499. The van der Waals surface area contributed by atoms with E-state index in [2.05, 4.69) is 39.8 Å². The second-order valence-electron chi connectivity index (χ2n) is 9.41. The second-order valence-corrected chi connectivity index (χ2v) is 9.85. The van der Waals surface area contributed by atoms with Crippen molar-refractivity contribution in [2.75, 3.05) is 25.0 Å². The van der Waals surface area contributed by atoms with Crippen molar-refractivity contribution < 1.29 is 14.3 Å². The smallest absolute Gasteiger partial charge is 0.255 e. The van der Waals surface area contributed by atoms with E-state index in [-0.39, 0.29) is 11.8 Å². The van der Waals surface area contributed by atoms with Crippen LogP contribution in [0.3, 0.4) is 0 Å². The van der Waals surface area contributed by atoms with Crippen LogP contribution in [0.5, 0.6) is 5.75 Å². The average molecular weight is 510 g/mol. The second kappa shape index (κ2) is 12.1. The highest BCUT2D eigenvalue weighted by Gasteiger charge is 2.30. The fourth-order valence-corrected chi connectivity index (χ4v) is 4.34. The molecule has 1 saturated heterocycles. The Morgan fingerprint density at radius 2 is 2.11 bits per heavy atom. The number of aromatic nitrogens is 1. The third-order valence-corrected chi connectivity index (χ3v) is 6.55. The molecule has 0 aliphatic carbocycles. The summed E-state index contributed by atoms with van der Waals surface area (Å²) in [7, 11) is 0. The molecule has 0 radical (unpaired) electrons. The summed E-state index contributed by atoms with van der Waals surface area (Å²) >= 11 is 5.87. The molecule has 8 nitrogen and oxygen atoms in total. The van der Waals surface area contributed by atoms with Crippen LogP contribution in [0, 0.1) is 5.92 Å². The average Bonchev–Trinajstić information content (AvgIpc) is 2.89. The molecule has 0 bridgehead atoms. The number of nitrogens with zero attached hydrogens (tertiary/aromatic N) is 2. The van der Waals surface area contributed by atoms with E-state index < -0.39 is 12.1 Å². The van der Waals surface area contributed by atoms with E-state index in [1.807, 2.05) is 12.1 Å². The van der Waals surface area contributed by atoms with Gasteiger partial charge in [-0.25, -0.2) is 4.98 Å². The van der Waals surface area contributed by atoms with E-state index in [1.165, 1.54) is 6.20 Å². The van der Waals surface area contributed by atoms with Crippen LogP contribution in [0.4, 0.5) is 5.82 Å². The van der Waals surface area contributed by atoms with Gasteiger partial charge in [0.1, 0.15) is 11.6 Å². The van der Waals surface area contributed by atoms with E-state index in [0.717, 1.165) is 31.5 Å². The number of anilines is 1. The van der Waals surface area contributed by atoms with Crippen molar-refractivity contribution in [1.29, 1.82) is 0 Å². The first-order valence-electron chi connectivity index (χ1n) is 12.3. The number of pyridine rings is 1. The lowest BCUT2D eigenvalue weighted by molar-refractivity contribution is -0.117. The summed E-state index contributed by atoms with van der Waals surface area (Å²) in [6.45, 7) is 6.70. The summed E-state index contributed by atoms with van der Waals surface area (Å²) in [6, 6.07) is 7.46. The summed E-state index contributed by atoms with van der Waals surface area (Å²) in [6.07, 6.45) is 8.68. The lowest BCUT2D eigenvalue weighted by Crippen LogP contribution is -2.48. The Morgan fingerprint density at radius 3 is 2.83 bits per heavy atom. The van der Waals surface area contributed by atoms with Gasteiger partial charge in [0.25, 0.3) is 11.8 Å². The Balaban J connectivity index is 1.47. The first-order valence-corrected chi connectivity index (χ1v) is 12.7. The van der Waals surface area contributed by atoms with Crippen molar-refractivity contribution >= 4 is 35.4 Å². The number of allylic oxidation sites excluding steroid dienone is 1. The van der Waals surface area contributed by atoms with Crippen LogP contribution in [0.2, 0.25) is 5.02 Å². The van der Waals surface area contributed by atoms with Gasteiger partial charge in [0.15, 0.2) is 6.04 Å². The van der Waals surface area contributed by atoms with Crippen LogP contribution < -0.4 is 20.7 Å². The predicted molar refractivity (Wildman–Crippen MR) is 142 cm³/mol. The van der Waals surface area contributed by atoms with E-state index in [1.54, 1.807) is 36.6 Å². The number of hydrogen-bond acceptors (Lipinski definition) is 6. The Morgan fingerprint density at radius 1 is 1.25 bits per heavy atom. The SMILES string of the molecule is CC(C)c1ccc(C(=O)NC2C=CC=NC2C(=O)Nc2ccc(Cl)cn2)c(OC[C@@H]2CCCNC2)c1. The maximum atomic E-state index is 13.4. The predicted octanol–water partition coefficient (Wildman–Crippen LogP) is 3.98. The number of aliphatic imine (C=N–C) groups is 1. The maximum absolute atomic E-state index is 13.4. The lowest BCUT2D eigenvalue weighted by atomic mass is 9.99. The van der Waals surface area contributed by atoms with Gasteiger partial charge in [-0.3, -0.25) is 14.6 Å². The Bertz CT molecular complexity index is 1130. The minimum atomic E-state index is -0.843. The summed E-state index contributed by atoms with van der Waals surface area (Å²) in [5.41, 5.74) is 1.53. The van der Waals surface area contributed by atoms with Crippen molar-refractivity contribution in [1.82, 2.24) is 15.6 Å². The number of halogens is 1. The highest BCUT2D eigenvalue weighted by atomic mass is 35.5. The zero-order chi connectivity index (χ0) is 25.5. The van der Waals surface area contributed by atoms with E-state index >= 15 is 0 Å². The highest BCUT2D eigenvalue weighted by molar-refractivity contribution is 6.30. The minimum Gasteiger partial charge on any atom is -0.492 e. The number of piperidine rings is 1. The zero-order valence-corrected chi connectivity index (χ0v) is 21.3. The van der Waals surface area contributed by atoms with Crippen molar-refractivity contribution in [2.24, 2.45) is 10.9 Å². The van der Waals surface area contributed by atoms with E-state index in [0.29, 0.717) is 40.6 Å². The number of hydrogen-bond donors (Lipinski definition) is 3. The summed E-state index contributed by atoms with van der Waals surface area (Å²) in [5, 5.41) is 9.55. The minimum absolute atomic E-state index is 0.297. The van der Waals surface area contributed by atoms with Gasteiger partial charge in [-0.2, -0.15) is 0 Å². The molecule has 3 heterocycles. The number of ether oxygens (including phenoxy) is 1. The van der Waals surface area contributed by atoms with Crippen molar-refractivity contribution in [2.45, 2.75) is 44.7 Å². The molecule has 36 heavy (non-hydrogen) atoms. The van der Waals surface area contributed by atoms with Crippen molar-refractivity contribution in [3.05, 3.63) is 64.8 Å². The van der Waals surface area contributed by atoms with Crippen LogP contribution >= 0.6 is 11.6 Å². The van der Waals surface area contributed by atoms with Gasteiger partial charge in [0.05, 0.1) is 23.2 Å². The molecule has 9 heteroatoms. The van der Waals surface area contributed by atoms with Gasteiger partial charge in [-0.15, -0.1) is 0 Å².